The third-order valence-corrected chi connectivity index (χ3v) is 3.09. The molecule has 0 unspecified atom stereocenters. The van der Waals surface area contributed by atoms with E-state index in [1.54, 1.807) is 0 Å². The van der Waals surface area contributed by atoms with Crippen LogP contribution < -0.4 is 0 Å². The van der Waals surface area contributed by atoms with Crippen molar-refractivity contribution in [2.24, 2.45) is 5.92 Å². The number of rotatable bonds is 4. The van der Waals surface area contributed by atoms with E-state index in [-0.39, 0.29) is 0 Å². The molecule has 1 nitrogen and oxygen atoms in total. The average Bonchev–Trinajstić information content (AvgIpc) is 2.15. The Morgan fingerprint density at radius 1 is 1.17 bits per heavy atom. The van der Waals surface area contributed by atoms with Gasteiger partial charge in [0.2, 0.25) is 0 Å². The van der Waals surface area contributed by atoms with Crippen LogP contribution in [0, 0.1) is 5.92 Å². The normalized spacial score (nSPS) is 30.5. The monoisotopic (exact) mass is 170 g/mol. The Balaban J connectivity index is 2.09. The molecule has 0 aromatic heterocycles. The van der Waals surface area contributed by atoms with Crippen molar-refractivity contribution in [1.82, 2.24) is 0 Å². The quantitative estimate of drug-likeness (QED) is 0.628. The lowest BCUT2D eigenvalue weighted by Crippen LogP contribution is -2.20. The Bertz CT molecular complexity index is 104. The third-order valence-electron chi connectivity index (χ3n) is 3.09. The number of hydrogen-bond acceptors (Lipinski definition) is 1. The van der Waals surface area contributed by atoms with Gasteiger partial charge in [-0.3, -0.25) is 0 Å². The third kappa shape index (κ3) is 3.14. The molecular formula is C11H22O. The second-order valence-corrected chi connectivity index (χ2v) is 4.02. The molecular weight excluding hydrogens is 148 g/mol. The van der Waals surface area contributed by atoms with E-state index in [1.165, 1.54) is 44.9 Å². The van der Waals surface area contributed by atoms with Crippen molar-refractivity contribution >= 4 is 0 Å². The van der Waals surface area contributed by atoms with Gasteiger partial charge in [0.25, 0.3) is 0 Å². The van der Waals surface area contributed by atoms with Crippen molar-refractivity contribution in [2.45, 2.75) is 58.0 Å². The van der Waals surface area contributed by atoms with E-state index in [0.717, 1.165) is 5.92 Å². The fraction of sp³-hybridized carbons (Fsp3) is 1.00. The first-order valence-corrected chi connectivity index (χ1v) is 5.39. The Morgan fingerprint density at radius 2 is 1.83 bits per heavy atom. The molecule has 0 N–H and O–H groups in total. The largest absolute Gasteiger partial charge is 0.381 e. The van der Waals surface area contributed by atoms with Crippen LogP contribution in [0.4, 0.5) is 0 Å². The minimum absolute atomic E-state index is 0.572. The van der Waals surface area contributed by atoms with Crippen molar-refractivity contribution in [1.29, 1.82) is 0 Å². The zero-order chi connectivity index (χ0) is 8.81. The highest BCUT2D eigenvalue weighted by atomic mass is 16.5. The molecule has 0 saturated heterocycles. The topological polar surface area (TPSA) is 9.23 Å². The maximum atomic E-state index is 5.34. The summed E-state index contributed by atoms with van der Waals surface area (Å²) in [5.41, 5.74) is 0. The van der Waals surface area contributed by atoms with Crippen LogP contribution in [0.2, 0.25) is 0 Å². The Labute approximate surface area is 76.5 Å². The molecule has 1 fully saturated rings. The van der Waals surface area contributed by atoms with Gasteiger partial charge in [-0.1, -0.05) is 26.2 Å². The minimum atomic E-state index is 0.572. The summed E-state index contributed by atoms with van der Waals surface area (Å²) >= 11 is 0. The first-order chi connectivity index (χ1) is 5.86. The van der Waals surface area contributed by atoms with Crippen molar-refractivity contribution < 1.29 is 4.74 Å². The van der Waals surface area contributed by atoms with E-state index in [2.05, 4.69) is 6.92 Å². The van der Waals surface area contributed by atoms with Crippen LogP contribution in [0.5, 0.6) is 0 Å². The van der Waals surface area contributed by atoms with Crippen LogP contribution in [-0.4, -0.2) is 13.2 Å². The lowest BCUT2D eigenvalue weighted by molar-refractivity contribution is 0.0552. The van der Waals surface area contributed by atoms with E-state index in [4.69, 9.17) is 4.74 Å². The minimum Gasteiger partial charge on any atom is -0.381 e. The molecule has 1 rings (SSSR count). The van der Waals surface area contributed by atoms with Crippen LogP contribution in [0.3, 0.4) is 0 Å². The van der Waals surface area contributed by atoms with Crippen molar-refractivity contribution in [3.63, 3.8) is 0 Å². The zero-order valence-corrected chi connectivity index (χ0v) is 8.51. The smallest absolute Gasteiger partial charge is 0.0571 e. The Hall–Kier alpha value is -0.0400. The number of hydrogen-bond donors (Lipinski definition) is 0. The lowest BCUT2D eigenvalue weighted by atomic mass is 9.84. The summed E-state index contributed by atoms with van der Waals surface area (Å²) in [6, 6.07) is 0. The highest BCUT2D eigenvalue weighted by Crippen LogP contribution is 2.29. The van der Waals surface area contributed by atoms with E-state index in [0.29, 0.717) is 6.10 Å². The fourth-order valence-corrected chi connectivity index (χ4v) is 2.15. The van der Waals surface area contributed by atoms with E-state index < -0.39 is 0 Å². The van der Waals surface area contributed by atoms with Crippen molar-refractivity contribution in [3.05, 3.63) is 0 Å². The first kappa shape index (κ1) is 10.0. The van der Waals surface area contributed by atoms with Gasteiger partial charge in [-0.2, -0.15) is 0 Å². The molecule has 0 bridgehead atoms. The fourth-order valence-electron chi connectivity index (χ4n) is 2.15. The molecule has 1 aliphatic carbocycles. The molecule has 0 aromatic rings. The maximum absolute atomic E-state index is 5.34. The molecule has 0 aromatic carbocycles. The zero-order valence-electron chi connectivity index (χ0n) is 8.51. The Kier molecular flexibility index (Phi) is 4.67. The number of ether oxygens (including phenoxy) is 1. The molecule has 0 radical (unpaired) electrons. The van der Waals surface area contributed by atoms with Crippen LogP contribution in [0.25, 0.3) is 0 Å². The van der Waals surface area contributed by atoms with Gasteiger partial charge in [-0.05, 0) is 31.6 Å². The van der Waals surface area contributed by atoms with Gasteiger partial charge in [-0.25, -0.2) is 0 Å². The predicted octanol–water partition coefficient (Wildman–Crippen LogP) is 3.38. The number of methoxy groups -OCH3 is 1. The predicted molar refractivity (Wildman–Crippen MR) is 52.3 cm³/mol. The molecule has 0 amide bonds. The molecule has 72 valence electrons. The number of unbranched alkanes of at least 4 members (excludes halogenated alkanes) is 1. The van der Waals surface area contributed by atoms with Crippen molar-refractivity contribution in [3.8, 4) is 0 Å². The molecule has 1 heteroatoms. The summed E-state index contributed by atoms with van der Waals surface area (Å²) < 4.78 is 5.34. The van der Waals surface area contributed by atoms with Gasteiger partial charge < -0.3 is 4.74 Å². The maximum Gasteiger partial charge on any atom is 0.0571 e. The van der Waals surface area contributed by atoms with Gasteiger partial charge in [0.05, 0.1) is 6.10 Å². The summed E-state index contributed by atoms with van der Waals surface area (Å²) in [6.07, 6.45) is 10.2. The highest BCUT2D eigenvalue weighted by molar-refractivity contribution is 4.72. The second kappa shape index (κ2) is 5.58. The molecule has 0 aliphatic heterocycles. The van der Waals surface area contributed by atoms with Gasteiger partial charge in [0, 0.05) is 7.11 Å². The molecule has 1 saturated carbocycles. The highest BCUT2D eigenvalue weighted by Gasteiger charge is 2.19. The van der Waals surface area contributed by atoms with Crippen LogP contribution in [0.15, 0.2) is 0 Å². The van der Waals surface area contributed by atoms with Crippen LogP contribution >= 0.6 is 0 Å². The van der Waals surface area contributed by atoms with E-state index in [9.17, 15) is 0 Å². The molecule has 0 atom stereocenters. The summed E-state index contributed by atoms with van der Waals surface area (Å²) in [6.45, 7) is 2.28. The second-order valence-electron chi connectivity index (χ2n) is 4.02. The van der Waals surface area contributed by atoms with Crippen molar-refractivity contribution in [2.75, 3.05) is 7.11 Å². The SMILES string of the molecule is CCCCC1CCC(OC)CC1. The summed E-state index contributed by atoms with van der Waals surface area (Å²) in [4.78, 5) is 0. The molecule has 0 heterocycles. The Morgan fingerprint density at radius 3 is 2.33 bits per heavy atom. The molecule has 0 spiro atoms. The van der Waals surface area contributed by atoms with Gasteiger partial charge in [0.1, 0.15) is 0 Å². The van der Waals surface area contributed by atoms with Gasteiger partial charge in [0.15, 0.2) is 0 Å². The molecule has 1 aliphatic rings. The summed E-state index contributed by atoms with van der Waals surface area (Å²) in [5.74, 6) is 1.01. The van der Waals surface area contributed by atoms with Gasteiger partial charge in [-0.15, -0.1) is 0 Å². The summed E-state index contributed by atoms with van der Waals surface area (Å²) in [7, 11) is 1.84. The molecule has 12 heavy (non-hydrogen) atoms. The standard InChI is InChI=1S/C11H22O/c1-3-4-5-10-6-8-11(12-2)9-7-10/h10-11H,3-9H2,1-2H3. The van der Waals surface area contributed by atoms with E-state index in [1.807, 2.05) is 7.11 Å². The van der Waals surface area contributed by atoms with Crippen LogP contribution in [0.1, 0.15) is 51.9 Å². The lowest BCUT2D eigenvalue weighted by Gasteiger charge is -2.27. The first-order valence-electron chi connectivity index (χ1n) is 5.39. The average molecular weight is 170 g/mol. The summed E-state index contributed by atoms with van der Waals surface area (Å²) in [5, 5.41) is 0. The van der Waals surface area contributed by atoms with E-state index >= 15 is 0 Å². The van der Waals surface area contributed by atoms with Gasteiger partial charge >= 0.3 is 0 Å². The van der Waals surface area contributed by atoms with Crippen LogP contribution in [-0.2, 0) is 4.74 Å².